The number of carbonyl (C=O) groups excluding carboxylic acids is 6. The number of nitrogens with zero attached hydrogens (tertiary/aromatic N) is 3. The molecule has 3 aliphatic heterocycles. The van der Waals surface area contributed by atoms with Crippen LogP contribution < -0.4 is 21.7 Å². The number of amides is 5. The first-order valence-corrected chi connectivity index (χ1v) is 21.6. The van der Waals surface area contributed by atoms with Crippen LogP contribution in [0.1, 0.15) is 85.7 Å². The number of carbonyl (C=O) groups is 6. The molecule has 5 amide bonds. The number of aromatic nitrogens is 1. The lowest BCUT2D eigenvalue weighted by Crippen LogP contribution is -2.71. The second kappa shape index (κ2) is 19.5. The number of quaternary nitrogens is 1. The van der Waals surface area contributed by atoms with Crippen LogP contribution in [-0.4, -0.2) is 93.6 Å². The van der Waals surface area contributed by atoms with Gasteiger partial charge in [-0.05, 0) is 73.6 Å². The lowest BCUT2D eigenvalue weighted by molar-refractivity contribution is -0.368. The zero-order chi connectivity index (χ0) is 42.2. The second-order valence-corrected chi connectivity index (χ2v) is 16.7. The molecule has 1 saturated carbocycles. The molecular weight excluding hydrogens is 759 g/mol. The maximum atomic E-state index is 14.6. The van der Waals surface area contributed by atoms with Crippen molar-refractivity contribution in [1.29, 1.82) is 0 Å². The lowest BCUT2D eigenvalue weighted by Gasteiger charge is -2.53. The number of unbranched alkanes of at least 4 members (excludes halogenated alkanes) is 3. The average molecular weight is 817 g/mol. The van der Waals surface area contributed by atoms with E-state index in [1.807, 2.05) is 84.9 Å². The van der Waals surface area contributed by atoms with E-state index in [9.17, 15) is 28.8 Å². The van der Waals surface area contributed by atoms with Crippen molar-refractivity contribution in [3.05, 3.63) is 108 Å². The highest BCUT2D eigenvalue weighted by Crippen LogP contribution is 2.41. The normalized spacial score (nSPS) is 20.5. The standard InChI is InChI=1S/C47H57N7O6/c1-52(29-32-16-8-5-9-17-32)46(59)38(26-31-14-6-4-7-15-31)50-44(57)37(27-34-30-53(40-19-12-11-18-36(34)40)42(56)20-10-2-3-13-25-48)49-41(55)28-39-47(60)54-35-23-21-33(22-24-35)43(54)45(58)51-39/h4-9,11-12,14-19,30,33,35,37-39,43H,2-3,10,13,20-29,48H2,1H3,(H,49,55)(H,50,57)(H,51,58)/p+1. The quantitative estimate of drug-likeness (QED) is 0.112. The van der Waals surface area contributed by atoms with Crippen LogP contribution in [-0.2, 0) is 43.4 Å². The number of likely N-dealkylation sites (N-methyl/N-ethyl adjacent to an activating group) is 1. The summed E-state index contributed by atoms with van der Waals surface area (Å²) >= 11 is 0. The summed E-state index contributed by atoms with van der Waals surface area (Å²) in [5.41, 5.74) is 7.03. The monoisotopic (exact) mass is 816 g/mol. The highest BCUT2D eigenvalue weighted by atomic mass is 16.2. The molecule has 2 bridgehead atoms. The van der Waals surface area contributed by atoms with Gasteiger partial charge in [0.2, 0.25) is 35.4 Å². The summed E-state index contributed by atoms with van der Waals surface area (Å²) in [7, 11) is 1.69. The Bertz CT molecular complexity index is 2170. The molecule has 4 fully saturated rings. The Morgan fingerprint density at radius 2 is 1.47 bits per heavy atom. The molecule has 8 rings (SSSR count). The SMILES string of the molecule is CN(Cc1ccccc1)C(=O)C(Cc1ccccc1)NC(=O)C(Cc1cn(C(=O)CCCCCC[NH3+])c2ccccc12)NC(=O)CC1NC(=O)C2C3CCC(CC3)N2C1=O. The van der Waals surface area contributed by atoms with Gasteiger partial charge >= 0.3 is 0 Å². The molecule has 60 heavy (non-hydrogen) atoms. The van der Waals surface area contributed by atoms with Crippen LogP contribution in [0.2, 0.25) is 0 Å². The van der Waals surface area contributed by atoms with E-state index in [0.29, 0.717) is 24.0 Å². The fraction of sp³-hybridized carbons (Fsp3) is 0.447. The Hall–Kier alpha value is -5.82. The van der Waals surface area contributed by atoms with Gasteiger partial charge in [-0.3, -0.25) is 33.3 Å². The number of hydrogen-bond donors (Lipinski definition) is 4. The highest BCUT2D eigenvalue weighted by Gasteiger charge is 2.52. The van der Waals surface area contributed by atoms with Crippen LogP contribution in [0.25, 0.3) is 10.9 Å². The summed E-state index contributed by atoms with van der Waals surface area (Å²) in [5, 5.41) is 9.46. The first kappa shape index (κ1) is 42.3. The number of para-hydroxylation sites is 1. The minimum absolute atomic E-state index is 0.00308. The minimum atomic E-state index is -1.20. The molecular formula is C47H58N7O6+. The molecule has 0 spiro atoms. The van der Waals surface area contributed by atoms with Crippen LogP contribution in [0.4, 0.5) is 0 Å². The van der Waals surface area contributed by atoms with Crippen molar-refractivity contribution in [3.8, 4) is 0 Å². The first-order valence-electron chi connectivity index (χ1n) is 21.6. The Morgan fingerprint density at radius 3 is 2.18 bits per heavy atom. The maximum absolute atomic E-state index is 14.6. The average Bonchev–Trinajstić information content (AvgIpc) is 3.63. The fourth-order valence-corrected chi connectivity index (χ4v) is 9.38. The third-order valence-corrected chi connectivity index (χ3v) is 12.5. The molecule has 1 aliphatic carbocycles. The first-order chi connectivity index (χ1) is 29.1. The van der Waals surface area contributed by atoms with Crippen LogP contribution in [0.15, 0.2) is 91.1 Å². The van der Waals surface area contributed by atoms with Gasteiger partial charge in [-0.2, -0.15) is 0 Å². The zero-order valence-electron chi connectivity index (χ0n) is 34.5. The Labute approximate surface area is 351 Å². The molecule has 4 aliphatic rings. The molecule has 6 N–H and O–H groups in total. The van der Waals surface area contributed by atoms with Gasteiger partial charge in [0, 0.05) is 50.5 Å². The molecule has 4 unspecified atom stereocenters. The van der Waals surface area contributed by atoms with Crippen molar-refractivity contribution in [2.75, 3.05) is 13.6 Å². The zero-order valence-corrected chi connectivity index (χ0v) is 34.5. The predicted octanol–water partition coefficient (Wildman–Crippen LogP) is 3.55. The van der Waals surface area contributed by atoms with E-state index in [-0.39, 0.29) is 54.9 Å². The van der Waals surface area contributed by atoms with Gasteiger partial charge in [-0.1, -0.05) is 85.3 Å². The van der Waals surface area contributed by atoms with Gasteiger partial charge in [0.1, 0.15) is 24.2 Å². The Morgan fingerprint density at radius 1 is 0.800 bits per heavy atom. The maximum Gasteiger partial charge on any atom is 0.246 e. The molecule has 13 nitrogen and oxygen atoms in total. The predicted molar refractivity (Wildman–Crippen MR) is 227 cm³/mol. The van der Waals surface area contributed by atoms with E-state index in [4.69, 9.17) is 0 Å². The van der Waals surface area contributed by atoms with Crippen molar-refractivity contribution in [2.24, 2.45) is 5.92 Å². The number of piperidine rings is 2. The van der Waals surface area contributed by atoms with E-state index in [0.717, 1.165) is 74.4 Å². The number of nitrogens with one attached hydrogen (secondary N) is 3. The van der Waals surface area contributed by atoms with Gasteiger partial charge in [0.15, 0.2) is 0 Å². The molecule has 1 aromatic heterocycles. The van der Waals surface area contributed by atoms with Crippen molar-refractivity contribution in [2.45, 2.75) is 114 Å². The van der Waals surface area contributed by atoms with Crippen molar-refractivity contribution < 1.29 is 34.5 Å². The fourth-order valence-electron chi connectivity index (χ4n) is 9.38. The molecule has 4 atom stereocenters. The highest BCUT2D eigenvalue weighted by molar-refractivity contribution is 6.01. The van der Waals surface area contributed by atoms with Crippen LogP contribution in [0.5, 0.6) is 0 Å². The van der Waals surface area contributed by atoms with E-state index < -0.39 is 36.0 Å². The van der Waals surface area contributed by atoms with Gasteiger partial charge in [0.25, 0.3) is 0 Å². The molecule has 3 aromatic carbocycles. The van der Waals surface area contributed by atoms with Crippen molar-refractivity contribution >= 4 is 46.3 Å². The van der Waals surface area contributed by atoms with Crippen LogP contribution in [0, 0.1) is 5.92 Å². The number of piperazine rings is 1. The number of benzene rings is 3. The van der Waals surface area contributed by atoms with Crippen molar-refractivity contribution in [1.82, 2.24) is 30.3 Å². The number of fused-ring (bicyclic) bond motifs is 3. The summed E-state index contributed by atoms with van der Waals surface area (Å²) < 4.78 is 1.63. The number of rotatable bonds is 18. The van der Waals surface area contributed by atoms with E-state index in [1.54, 1.807) is 27.6 Å². The third kappa shape index (κ3) is 9.79. The molecule has 0 radical (unpaired) electrons. The Balaban J connectivity index is 1.15. The summed E-state index contributed by atoms with van der Waals surface area (Å²) in [6, 6.07) is 22.7. The molecule has 4 heterocycles. The topological polar surface area (TPSA) is 178 Å². The van der Waals surface area contributed by atoms with Gasteiger partial charge < -0.3 is 31.5 Å². The summed E-state index contributed by atoms with van der Waals surface area (Å²) in [6.07, 6.45) is 9.14. The summed E-state index contributed by atoms with van der Waals surface area (Å²) in [4.78, 5) is 86.9. The molecule has 3 saturated heterocycles. The van der Waals surface area contributed by atoms with Crippen LogP contribution in [0.3, 0.4) is 0 Å². The second-order valence-electron chi connectivity index (χ2n) is 16.7. The van der Waals surface area contributed by atoms with Gasteiger partial charge in [0.05, 0.1) is 18.5 Å². The summed E-state index contributed by atoms with van der Waals surface area (Å²) in [6.45, 7) is 1.19. The molecule has 4 aromatic rings. The smallest absolute Gasteiger partial charge is 0.246 e. The summed E-state index contributed by atoms with van der Waals surface area (Å²) in [5.74, 6) is -1.95. The molecule has 316 valence electrons. The molecule has 13 heteroatoms. The van der Waals surface area contributed by atoms with E-state index in [2.05, 4.69) is 21.7 Å². The van der Waals surface area contributed by atoms with Crippen LogP contribution >= 0.6 is 0 Å². The number of hydrogen-bond acceptors (Lipinski definition) is 6. The lowest BCUT2D eigenvalue weighted by atomic mass is 9.73. The van der Waals surface area contributed by atoms with Crippen molar-refractivity contribution in [3.63, 3.8) is 0 Å². The van der Waals surface area contributed by atoms with Gasteiger partial charge in [-0.15, -0.1) is 0 Å². The van der Waals surface area contributed by atoms with E-state index in [1.165, 1.54) is 0 Å². The minimum Gasteiger partial charge on any atom is -0.358 e. The third-order valence-electron chi connectivity index (χ3n) is 12.5. The van der Waals surface area contributed by atoms with E-state index >= 15 is 0 Å². The van der Waals surface area contributed by atoms with Gasteiger partial charge in [-0.25, -0.2) is 0 Å². The largest absolute Gasteiger partial charge is 0.358 e. The Kier molecular flexibility index (Phi) is 13.7.